The van der Waals surface area contributed by atoms with Gasteiger partial charge < -0.3 is 5.11 Å². The van der Waals surface area contributed by atoms with Crippen LogP contribution in [-0.2, 0) is 10.1 Å². The summed E-state index contributed by atoms with van der Waals surface area (Å²) in [6.07, 6.45) is 0. The molecule has 0 aliphatic carbocycles. The van der Waals surface area contributed by atoms with E-state index in [1.165, 1.54) is 48.5 Å². The van der Waals surface area contributed by atoms with Crippen LogP contribution < -0.4 is 32.4 Å². The molecule has 0 saturated carbocycles. The zero-order valence-corrected chi connectivity index (χ0v) is 18.5. The van der Waals surface area contributed by atoms with Crippen molar-refractivity contribution in [2.75, 3.05) is 10.9 Å². The van der Waals surface area contributed by atoms with E-state index in [-0.39, 0.29) is 26.9 Å². The number of aromatic carboxylic acids is 1. The predicted molar refractivity (Wildman–Crippen MR) is 127 cm³/mol. The van der Waals surface area contributed by atoms with E-state index >= 15 is 0 Å². The SMILES string of the molecule is O=C(O)c1ccccc1NN=c1c(=O)ccc(=NNc2cccc3c(S(=O)(=O)O)cccc23)c1=O. The average molecular weight is 492 g/mol. The van der Waals surface area contributed by atoms with Gasteiger partial charge in [-0.15, -0.1) is 0 Å². The van der Waals surface area contributed by atoms with Gasteiger partial charge in [-0.2, -0.15) is 18.6 Å². The summed E-state index contributed by atoms with van der Waals surface area (Å²) in [5.74, 6) is -1.21. The molecule has 4 aromatic rings. The summed E-state index contributed by atoms with van der Waals surface area (Å²) in [5.41, 5.74) is 3.93. The summed E-state index contributed by atoms with van der Waals surface area (Å²) < 4.78 is 32.8. The number of nitrogens with zero attached hydrogens (tertiary/aromatic N) is 2. The Morgan fingerprint density at radius 1 is 0.771 bits per heavy atom. The van der Waals surface area contributed by atoms with Crippen molar-refractivity contribution >= 4 is 38.2 Å². The molecule has 0 atom stereocenters. The van der Waals surface area contributed by atoms with Crippen LogP contribution in [0.2, 0.25) is 0 Å². The fourth-order valence-corrected chi connectivity index (χ4v) is 4.05. The normalized spacial score (nSPS) is 12.6. The molecule has 0 fully saturated rings. The number of benzene rings is 4. The fraction of sp³-hybridized carbons (Fsp3) is 0. The van der Waals surface area contributed by atoms with E-state index in [2.05, 4.69) is 21.1 Å². The van der Waals surface area contributed by atoms with E-state index in [0.29, 0.717) is 11.1 Å². The quantitative estimate of drug-likeness (QED) is 0.228. The Morgan fingerprint density at radius 2 is 1.43 bits per heavy atom. The van der Waals surface area contributed by atoms with Crippen LogP contribution in [0.4, 0.5) is 11.4 Å². The van der Waals surface area contributed by atoms with Gasteiger partial charge in [0.15, 0.2) is 5.36 Å². The lowest BCUT2D eigenvalue weighted by Gasteiger charge is -2.08. The van der Waals surface area contributed by atoms with E-state index in [1.54, 1.807) is 18.2 Å². The number of nitrogens with one attached hydrogen (secondary N) is 2. The Kier molecular flexibility index (Phi) is 6.23. The molecule has 0 amide bonds. The van der Waals surface area contributed by atoms with Crippen molar-refractivity contribution in [3.8, 4) is 0 Å². The van der Waals surface area contributed by atoms with Gasteiger partial charge in [-0.3, -0.25) is 25.0 Å². The van der Waals surface area contributed by atoms with Crippen LogP contribution in [0.5, 0.6) is 0 Å². The lowest BCUT2D eigenvalue weighted by molar-refractivity contribution is 0.0698. The maximum atomic E-state index is 12.8. The van der Waals surface area contributed by atoms with Gasteiger partial charge in [0.25, 0.3) is 10.1 Å². The number of fused-ring (bicyclic) bond motifs is 1. The van der Waals surface area contributed by atoms with Gasteiger partial charge in [0.1, 0.15) is 10.3 Å². The van der Waals surface area contributed by atoms with Gasteiger partial charge >= 0.3 is 5.97 Å². The maximum Gasteiger partial charge on any atom is 0.337 e. The Balaban J connectivity index is 1.76. The largest absolute Gasteiger partial charge is 0.478 e. The minimum absolute atomic E-state index is 0.0877. The molecule has 12 heteroatoms. The molecule has 0 radical (unpaired) electrons. The third-order valence-electron chi connectivity index (χ3n) is 4.98. The van der Waals surface area contributed by atoms with Gasteiger partial charge in [0.2, 0.25) is 10.9 Å². The monoisotopic (exact) mass is 492 g/mol. The zero-order chi connectivity index (χ0) is 25.2. The molecule has 4 aromatic carbocycles. The van der Waals surface area contributed by atoms with E-state index in [9.17, 15) is 32.5 Å². The van der Waals surface area contributed by atoms with Crippen molar-refractivity contribution in [3.05, 3.63) is 110 Å². The van der Waals surface area contributed by atoms with Crippen LogP contribution in [0.3, 0.4) is 0 Å². The molecule has 0 spiro atoms. The molecule has 0 heterocycles. The first kappa shape index (κ1) is 23.5. The second kappa shape index (κ2) is 9.29. The molecule has 0 unspecified atom stereocenters. The van der Waals surface area contributed by atoms with Crippen molar-refractivity contribution in [3.63, 3.8) is 0 Å². The minimum atomic E-state index is -4.47. The number of hydrogen-bond acceptors (Lipinski definition) is 9. The van der Waals surface area contributed by atoms with Crippen molar-refractivity contribution in [2.45, 2.75) is 4.90 Å². The number of carbonyl (C=O) groups is 1. The van der Waals surface area contributed by atoms with Gasteiger partial charge in [-0.1, -0.05) is 36.4 Å². The van der Waals surface area contributed by atoms with Crippen molar-refractivity contribution in [1.29, 1.82) is 0 Å². The lowest BCUT2D eigenvalue weighted by atomic mass is 10.1. The first-order chi connectivity index (χ1) is 16.7. The molecule has 0 saturated heterocycles. The molecular formula is C23H16N4O7S. The highest BCUT2D eigenvalue weighted by molar-refractivity contribution is 7.86. The number of hydrogen-bond donors (Lipinski definition) is 4. The summed E-state index contributed by atoms with van der Waals surface area (Å²) in [4.78, 5) is 36.1. The van der Waals surface area contributed by atoms with Crippen molar-refractivity contribution < 1.29 is 22.9 Å². The molecular weight excluding hydrogens is 476 g/mol. The molecule has 176 valence electrons. The Morgan fingerprint density at radius 3 is 2.17 bits per heavy atom. The third-order valence-corrected chi connectivity index (χ3v) is 5.89. The zero-order valence-electron chi connectivity index (χ0n) is 17.7. The van der Waals surface area contributed by atoms with Crippen LogP contribution in [0.1, 0.15) is 10.4 Å². The Hall–Kier alpha value is -4.68. The lowest BCUT2D eigenvalue weighted by Crippen LogP contribution is -2.48. The Labute approximate surface area is 196 Å². The minimum Gasteiger partial charge on any atom is -0.478 e. The molecule has 0 aromatic heterocycles. The molecule has 35 heavy (non-hydrogen) atoms. The van der Waals surface area contributed by atoms with Crippen molar-refractivity contribution in [2.24, 2.45) is 10.2 Å². The summed E-state index contributed by atoms with van der Waals surface area (Å²) in [5, 5.41) is 17.1. The number of anilines is 2. The highest BCUT2D eigenvalue weighted by atomic mass is 32.2. The first-order valence-electron chi connectivity index (χ1n) is 9.93. The summed E-state index contributed by atoms with van der Waals surface area (Å²) in [7, 11) is -4.47. The standard InChI is InChI=1S/C23H16N4O7S/c28-19-12-11-18(22(29)21(19)27-25-17-8-2-1-5-15(17)23(30)31)26-24-16-9-3-7-14-13(16)6-4-10-20(14)35(32,33)34/h1-12,24-25H,(H,30,31)(H,32,33,34). The fourth-order valence-electron chi connectivity index (χ4n) is 3.34. The second-order valence-corrected chi connectivity index (χ2v) is 8.58. The topological polar surface area (TPSA) is 175 Å². The van der Waals surface area contributed by atoms with E-state index in [0.717, 1.165) is 6.07 Å². The Bertz CT molecular complexity index is 1810. The van der Waals surface area contributed by atoms with Gasteiger partial charge in [0.05, 0.1) is 16.9 Å². The molecule has 0 aliphatic heterocycles. The van der Waals surface area contributed by atoms with Crippen LogP contribution >= 0.6 is 0 Å². The number of carboxylic acid groups (broad SMARTS) is 1. The number of para-hydroxylation sites is 1. The van der Waals surface area contributed by atoms with Gasteiger partial charge in [0, 0.05) is 10.8 Å². The van der Waals surface area contributed by atoms with Crippen LogP contribution in [0.15, 0.2) is 97.5 Å². The van der Waals surface area contributed by atoms with E-state index in [4.69, 9.17) is 0 Å². The first-order valence-corrected chi connectivity index (χ1v) is 11.4. The highest BCUT2D eigenvalue weighted by Gasteiger charge is 2.15. The second-order valence-electron chi connectivity index (χ2n) is 7.19. The molecule has 0 aliphatic rings. The van der Waals surface area contributed by atoms with E-state index in [1.807, 2.05) is 0 Å². The van der Waals surface area contributed by atoms with Crippen LogP contribution in [-0.4, -0.2) is 24.0 Å². The molecule has 4 N–H and O–H groups in total. The van der Waals surface area contributed by atoms with Crippen LogP contribution in [0, 0.1) is 0 Å². The molecule has 4 rings (SSSR count). The summed E-state index contributed by atoms with van der Waals surface area (Å²) in [6, 6.07) is 17.1. The average Bonchev–Trinajstić information content (AvgIpc) is 2.82. The smallest absolute Gasteiger partial charge is 0.337 e. The van der Waals surface area contributed by atoms with Gasteiger partial charge in [-0.05, 0) is 36.4 Å². The molecule has 11 nitrogen and oxygen atoms in total. The third kappa shape index (κ3) is 4.83. The number of carboxylic acids is 1. The van der Waals surface area contributed by atoms with E-state index < -0.39 is 32.3 Å². The van der Waals surface area contributed by atoms with Crippen molar-refractivity contribution in [1.82, 2.24) is 0 Å². The predicted octanol–water partition coefficient (Wildman–Crippen LogP) is 1.24. The molecule has 0 bridgehead atoms. The number of rotatable bonds is 6. The van der Waals surface area contributed by atoms with Crippen LogP contribution in [0.25, 0.3) is 10.8 Å². The summed E-state index contributed by atoms with van der Waals surface area (Å²) in [6.45, 7) is 0. The summed E-state index contributed by atoms with van der Waals surface area (Å²) >= 11 is 0. The maximum absolute atomic E-state index is 12.8. The van der Waals surface area contributed by atoms with Gasteiger partial charge in [-0.25, -0.2) is 4.79 Å². The highest BCUT2D eigenvalue weighted by Crippen LogP contribution is 2.28.